The smallest absolute Gasteiger partial charge is 0.326 e. The molecule has 0 aliphatic rings. The Morgan fingerprint density at radius 1 is 1.12 bits per heavy atom. The van der Waals surface area contributed by atoms with Gasteiger partial charge in [-0.15, -0.1) is 0 Å². The van der Waals surface area contributed by atoms with Crippen LogP contribution >= 0.6 is 11.6 Å². The maximum absolute atomic E-state index is 12.8. The number of nitrogens with zero attached hydrogens (tertiary/aromatic N) is 1. The fourth-order valence-corrected chi connectivity index (χ4v) is 2.42. The molecule has 24 heavy (non-hydrogen) atoms. The van der Waals surface area contributed by atoms with Gasteiger partial charge in [-0.25, -0.2) is 0 Å². The maximum Gasteiger partial charge on any atom is 0.326 e. The number of halogens is 1. The first kappa shape index (κ1) is 17.4. The molecule has 0 heterocycles. The van der Waals surface area contributed by atoms with Gasteiger partial charge in [0, 0.05) is 5.56 Å². The second-order valence-corrected chi connectivity index (χ2v) is 4.95. The number of methoxy groups -OCH3 is 2. The van der Waals surface area contributed by atoms with Crippen LogP contribution in [0.15, 0.2) is 36.4 Å². The van der Waals surface area contributed by atoms with Crippen LogP contribution < -0.4 is 9.47 Å². The van der Waals surface area contributed by atoms with Crippen molar-refractivity contribution in [3.05, 3.63) is 63.2 Å². The van der Waals surface area contributed by atoms with E-state index < -0.39 is 27.2 Å². The van der Waals surface area contributed by atoms with Crippen molar-refractivity contribution in [3.63, 3.8) is 0 Å². The lowest BCUT2D eigenvalue weighted by molar-refractivity contribution is -0.386. The van der Waals surface area contributed by atoms with Crippen LogP contribution in [0.5, 0.6) is 11.5 Å². The number of ketones is 1. The average Bonchev–Trinajstić information content (AvgIpc) is 2.59. The lowest BCUT2D eigenvalue weighted by Gasteiger charge is -2.13. The SMILES string of the molecule is COc1cc(C(=O)Cl)c(C(=O)c2ccccc2)c([N+](=O)[O-])c1OC. The van der Waals surface area contributed by atoms with Gasteiger partial charge in [0.1, 0.15) is 5.56 Å². The Morgan fingerprint density at radius 2 is 1.75 bits per heavy atom. The second-order valence-electron chi connectivity index (χ2n) is 4.61. The molecule has 8 heteroatoms. The normalized spacial score (nSPS) is 10.1. The molecule has 0 radical (unpaired) electrons. The Labute approximate surface area is 141 Å². The van der Waals surface area contributed by atoms with Gasteiger partial charge >= 0.3 is 5.69 Å². The summed E-state index contributed by atoms with van der Waals surface area (Å²) in [4.78, 5) is 35.2. The molecule has 124 valence electrons. The molecule has 2 rings (SSSR count). The van der Waals surface area contributed by atoms with Crippen molar-refractivity contribution < 1.29 is 24.0 Å². The number of hydrogen-bond acceptors (Lipinski definition) is 6. The zero-order chi connectivity index (χ0) is 17.9. The van der Waals surface area contributed by atoms with Gasteiger partial charge in [0.2, 0.25) is 11.5 Å². The minimum Gasteiger partial charge on any atom is -0.493 e. The van der Waals surface area contributed by atoms with Crippen molar-refractivity contribution in [2.24, 2.45) is 0 Å². The van der Waals surface area contributed by atoms with Crippen molar-refractivity contribution in [1.82, 2.24) is 0 Å². The molecule has 2 aromatic rings. The third-order valence-corrected chi connectivity index (χ3v) is 3.51. The van der Waals surface area contributed by atoms with E-state index in [0.29, 0.717) is 0 Å². The van der Waals surface area contributed by atoms with E-state index in [1.807, 2.05) is 0 Å². The van der Waals surface area contributed by atoms with Crippen LogP contribution in [0.3, 0.4) is 0 Å². The Morgan fingerprint density at radius 3 is 2.21 bits per heavy atom. The molecule has 2 aromatic carbocycles. The molecule has 0 saturated carbocycles. The van der Waals surface area contributed by atoms with E-state index in [1.165, 1.54) is 26.4 Å². The third-order valence-electron chi connectivity index (χ3n) is 3.30. The highest BCUT2D eigenvalue weighted by Gasteiger charge is 2.34. The van der Waals surface area contributed by atoms with Gasteiger partial charge in [0.15, 0.2) is 5.75 Å². The lowest BCUT2D eigenvalue weighted by atomic mass is 9.96. The van der Waals surface area contributed by atoms with Gasteiger partial charge in [-0.05, 0) is 17.7 Å². The standard InChI is InChI=1S/C16H12ClNO6/c1-23-11-8-10(16(17)20)12(13(18(21)22)15(11)24-2)14(19)9-6-4-3-5-7-9/h3-8H,1-2H3. The molecule has 0 fully saturated rings. The van der Waals surface area contributed by atoms with Crippen molar-refractivity contribution in [3.8, 4) is 11.5 Å². The fourth-order valence-electron chi connectivity index (χ4n) is 2.27. The molecule has 0 bridgehead atoms. The maximum atomic E-state index is 12.8. The Kier molecular flexibility index (Phi) is 5.15. The van der Waals surface area contributed by atoms with Crippen molar-refractivity contribution in [2.75, 3.05) is 14.2 Å². The molecule has 7 nitrogen and oxygen atoms in total. The van der Waals surface area contributed by atoms with Crippen LogP contribution in [0.1, 0.15) is 26.3 Å². The van der Waals surface area contributed by atoms with E-state index in [2.05, 4.69) is 0 Å². The van der Waals surface area contributed by atoms with Crippen LogP contribution in [0.2, 0.25) is 0 Å². The molecular weight excluding hydrogens is 338 g/mol. The van der Waals surface area contributed by atoms with Gasteiger partial charge in [-0.2, -0.15) is 0 Å². The highest BCUT2D eigenvalue weighted by molar-refractivity contribution is 6.68. The van der Waals surface area contributed by atoms with Gasteiger partial charge < -0.3 is 9.47 Å². The van der Waals surface area contributed by atoms with Gasteiger partial charge in [0.05, 0.1) is 24.7 Å². The molecule has 0 aliphatic carbocycles. The predicted molar refractivity (Wildman–Crippen MR) is 86.3 cm³/mol. The highest BCUT2D eigenvalue weighted by Crippen LogP contribution is 2.42. The summed E-state index contributed by atoms with van der Waals surface area (Å²) in [7, 11) is 2.45. The molecular formula is C16H12ClNO6. The number of carbonyl (C=O) groups excluding carboxylic acids is 2. The van der Waals surface area contributed by atoms with E-state index in [0.717, 1.165) is 6.07 Å². The van der Waals surface area contributed by atoms with E-state index in [4.69, 9.17) is 21.1 Å². The van der Waals surface area contributed by atoms with E-state index in [-0.39, 0.29) is 22.6 Å². The van der Waals surface area contributed by atoms with Crippen LogP contribution in [0, 0.1) is 10.1 Å². The number of nitro groups is 1. The number of rotatable bonds is 6. The molecule has 0 aliphatic heterocycles. The topological polar surface area (TPSA) is 95.7 Å². The third kappa shape index (κ3) is 3.07. The summed E-state index contributed by atoms with van der Waals surface area (Å²) in [6, 6.07) is 8.99. The van der Waals surface area contributed by atoms with Gasteiger partial charge in [0.25, 0.3) is 5.24 Å². The summed E-state index contributed by atoms with van der Waals surface area (Å²) in [5.41, 5.74) is -1.26. The second kappa shape index (κ2) is 7.10. The van der Waals surface area contributed by atoms with Crippen LogP contribution in [0.25, 0.3) is 0 Å². The average molecular weight is 350 g/mol. The monoisotopic (exact) mass is 349 g/mol. The summed E-state index contributed by atoms with van der Waals surface area (Å²) < 4.78 is 10.0. The number of carbonyl (C=O) groups is 2. The molecule has 0 atom stereocenters. The van der Waals surface area contributed by atoms with Crippen molar-refractivity contribution in [2.45, 2.75) is 0 Å². The first-order valence-electron chi connectivity index (χ1n) is 6.65. The Hall–Kier alpha value is -2.93. The molecule has 0 aromatic heterocycles. The highest BCUT2D eigenvalue weighted by atomic mass is 35.5. The first-order valence-corrected chi connectivity index (χ1v) is 7.03. The number of hydrogen-bond donors (Lipinski definition) is 0. The summed E-state index contributed by atoms with van der Waals surface area (Å²) >= 11 is 5.53. The molecule has 0 saturated heterocycles. The quantitative estimate of drug-likeness (QED) is 0.344. The molecule has 0 N–H and O–H groups in total. The van der Waals surface area contributed by atoms with Crippen LogP contribution in [0.4, 0.5) is 5.69 Å². The van der Waals surface area contributed by atoms with E-state index >= 15 is 0 Å². The van der Waals surface area contributed by atoms with E-state index in [1.54, 1.807) is 18.2 Å². The zero-order valence-corrected chi connectivity index (χ0v) is 13.5. The summed E-state index contributed by atoms with van der Waals surface area (Å²) in [6.07, 6.45) is 0. The summed E-state index contributed by atoms with van der Waals surface area (Å²) in [5.74, 6) is -1.05. The summed E-state index contributed by atoms with van der Waals surface area (Å²) in [5, 5.41) is 10.5. The minimum atomic E-state index is -1.02. The van der Waals surface area contributed by atoms with Crippen LogP contribution in [-0.2, 0) is 0 Å². The van der Waals surface area contributed by atoms with Crippen LogP contribution in [-0.4, -0.2) is 30.2 Å². The molecule has 0 amide bonds. The zero-order valence-electron chi connectivity index (χ0n) is 12.7. The molecule has 0 unspecified atom stereocenters. The number of ether oxygens (including phenoxy) is 2. The number of benzene rings is 2. The van der Waals surface area contributed by atoms with Crippen molar-refractivity contribution >= 4 is 28.3 Å². The minimum absolute atomic E-state index is 0.0715. The summed E-state index contributed by atoms with van der Waals surface area (Å²) in [6.45, 7) is 0. The van der Waals surface area contributed by atoms with Gasteiger partial charge in [-0.3, -0.25) is 19.7 Å². The molecule has 0 spiro atoms. The van der Waals surface area contributed by atoms with Gasteiger partial charge in [-0.1, -0.05) is 30.3 Å². The predicted octanol–water partition coefficient (Wildman–Crippen LogP) is 3.22. The van der Waals surface area contributed by atoms with E-state index in [9.17, 15) is 19.7 Å². The Balaban J connectivity index is 2.88. The van der Waals surface area contributed by atoms with Crippen molar-refractivity contribution in [1.29, 1.82) is 0 Å². The lowest BCUT2D eigenvalue weighted by Crippen LogP contribution is -2.13. The fraction of sp³-hybridized carbons (Fsp3) is 0.125. The Bertz CT molecular complexity index is 819. The number of nitro benzene ring substituents is 1. The largest absolute Gasteiger partial charge is 0.493 e. The first-order chi connectivity index (χ1) is 11.4.